The van der Waals surface area contributed by atoms with Crippen LogP contribution in [0, 0.1) is 0 Å². The monoisotopic (exact) mass is 924 g/mol. The van der Waals surface area contributed by atoms with Crippen LogP contribution in [0.3, 0.4) is 0 Å². The van der Waals surface area contributed by atoms with Crippen molar-refractivity contribution in [3.05, 3.63) is 194 Å². The quantitative estimate of drug-likeness (QED) is 0.112. The molecule has 0 amide bonds. The van der Waals surface area contributed by atoms with Crippen molar-refractivity contribution in [1.29, 1.82) is 0 Å². The third kappa shape index (κ3) is 5.41. The van der Waals surface area contributed by atoms with Crippen molar-refractivity contribution in [3.63, 3.8) is 0 Å². The lowest BCUT2D eigenvalue weighted by Gasteiger charge is -2.21. The Balaban J connectivity index is 1.06. The van der Waals surface area contributed by atoms with Gasteiger partial charge in [0.15, 0.2) is 0 Å². The van der Waals surface area contributed by atoms with Crippen molar-refractivity contribution >= 4 is 64.6 Å². The Morgan fingerprint density at radius 1 is 0.208 bits per heavy atom. The number of fused-ring (bicyclic) bond motifs is 10. The summed E-state index contributed by atoms with van der Waals surface area (Å²) in [7, 11) is 6.95. The molecule has 15 rings (SSSR count). The van der Waals surface area contributed by atoms with Gasteiger partial charge in [-0.05, 0) is 202 Å². The van der Waals surface area contributed by atoms with E-state index in [1.807, 2.05) is 12.1 Å². The normalized spacial score (nSPS) is 12.2. The molecule has 0 saturated carbocycles. The predicted octanol–water partition coefficient (Wildman–Crippen LogP) is 18.0. The van der Waals surface area contributed by atoms with E-state index in [-0.39, 0.29) is 0 Å². The molecule has 0 atom stereocenters. The molecular formula is C68H44O4. The van der Waals surface area contributed by atoms with Crippen LogP contribution in [-0.4, -0.2) is 28.4 Å². The molecule has 2 aliphatic rings. The van der Waals surface area contributed by atoms with Gasteiger partial charge in [-0.25, -0.2) is 0 Å². The van der Waals surface area contributed by atoms with Gasteiger partial charge < -0.3 is 18.9 Å². The SMILES string of the molecule is COc1ccc(-c2c3c(c(-c4ccc(OC)cc4)c4ccccc24)-c2ccc4c5ccc6c7c(ccc(c8ccc-3c2c84)c75)-c2c-6c(-c3cccc(OC)c3)c3ccccc3c2-c2cccc(OC)c2)cc1. The van der Waals surface area contributed by atoms with Crippen molar-refractivity contribution in [3.8, 4) is 112 Å². The number of methoxy groups -OCH3 is 4. The lowest BCUT2D eigenvalue weighted by molar-refractivity contribution is 0.415. The lowest BCUT2D eigenvalue weighted by atomic mass is 9.82. The zero-order valence-electron chi connectivity index (χ0n) is 40.1. The Morgan fingerprint density at radius 2 is 0.514 bits per heavy atom. The number of ether oxygens (including phenoxy) is 4. The third-order valence-corrected chi connectivity index (χ3v) is 15.9. The second kappa shape index (κ2) is 15.2. The van der Waals surface area contributed by atoms with Gasteiger partial charge in [0.2, 0.25) is 0 Å². The van der Waals surface area contributed by atoms with Crippen LogP contribution in [0.1, 0.15) is 0 Å². The van der Waals surface area contributed by atoms with Gasteiger partial charge in [-0.3, -0.25) is 0 Å². The standard InChI is InChI=1S/C68H44O4/c1-69-41-23-19-37(20-24-41)57-45-15-5-6-16-46(45)58(38-21-25-42(70-2)26-22-38)66-54-32-28-50-52-30-34-56-64-55(33-29-51(62(52)64)49-27-31-53(65(57)66)63(54)61(49)50)67-59(39-11-9-13-43(35-39)71-3)47-17-7-8-18-48(47)60(68(56)67)40-12-10-14-44(36-40)72-4/h5-36H,1-4H3. The van der Waals surface area contributed by atoms with Gasteiger partial charge in [-0.1, -0.05) is 146 Å². The van der Waals surface area contributed by atoms with E-state index in [4.69, 9.17) is 18.9 Å². The number of rotatable bonds is 8. The fraction of sp³-hybridized carbons (Fsp3) is 0.0588. The first-order valence-corrected chi connectivity index (χ1v) is 24.5. The van der Waals surface area contributed by atoms with Crippen LogP contribution in [0.25, 0.3) is 154 Å². The van der Waals surface area contributed by atoms with Gasteiger partial charge in [0.05, 0.1) is 28.4 Å². The summed E-state index contributed by atoms with van der Waals surface area (Å²) >= 11 is 0. The number of benzene rings is 13. The van der Waals surface area contributed by atoms with E-state index in [0.29, 0.717) is 0 Å². The summed E-state index contributed by atoms with van der Waals surface area (Å²) in [6, 6.07) is 71.4. The zero-order valence-corrected chi connectivity index (χ0v) is 40.1. The van der Waals surface area contributed by atoms with Crippen LogP contribution in [0.5, 0.6) is 23.0 Å². The van der Waals surface area contributed by atoms with Gasteiger partial charge in [-0.2, -0.15) is 0 Å². The highest BCUT2D eigenvalue weighted by Gasteiger charge is 2.35. The summed E-state index contributed by atoms with van der Waals surface area (Å²) in [6.45, 7) is 0. The molecule has 0 unspecified atom stereocenters. The number of hydrogen-bond acceptors (Lipinski definition) is 4. The first-order valence-electron chi connectivity index (χ1n) is 24.5. The highest BCUT2D eigenvalue weighted by molar-refractivity contribution is 6.42. The summed E-state index contributed by atoms with van der Waals surface area (Å²) in [4.78, 5) is 0. The smallest absolute Gasteiger partial charge is 0.119 e. The third-order valence-electron chi connectivity index (χ3n) is 15.9. The molecule has 0 N–H and O–H groups in total. The summed E-state index contributed by atoms with van der Waals surface area (Å²) in [6.07, 6.45) is 0. The van der Waals surface area contributed by atoms with Crippen LogP contribution in [0.2, 0.25) is 0 Å². The van der Waals surface area contributed by atoms with E-state index in [0.717, 1.165) is 45.3 Å². The Kier molecular flexibility index (Phi) is 8.59. The van der Waals surface area contributed by atoms with E-state index in [1.54, 1.807) is 28.4 Å². The Bertz CT molecular complexity index is 4190. The van der Waals surface area contributed by atoms with Crippen molar-refractivity contribution in [2.45, 2.75) is 0 Å². The first kappa shape index (κ1) is 40.7. The molecule has 4 heteroatoms. The molecule has 72 heavy (non-hydrogen) atoms. The minimum atomic E-state index is 0.832. The largest absolute Gasteiger partial charge is 0.497 e. The molecule has 340 valence electrons. The van der Waals surface area contributed by atoms with E-state index < -0.39 is 0 Å². The van der Waals surface area contributed by atoms with Gasteiger partial charge in [0.25, 0.3) is 0 Å². The predicted molar refractivity (Wildman–Crippen MR) is 299 cm³/mol. The molecule has 0 aromatic heterocycles. The second-order valence-corrected chi connectivity index (χ2v) is 19.2. The molecule has 0 radical (unpaired) electrons. The average molecular weight is 925 g/mol. The second-order valence-electron chi connectivity index (χ2n) is 19.2. The van der Waals surface area contributed by atoms with Gasteiger partial charge >= 0.3 is 0 Å². The average Bonchev–Trinajstić information content (AvgIpc) is 3.97. The highest BCUT2D eigenvalue weighted by atomic mass is 16.5. The molecule has 13 aromatic rings. The van der Waals surface area contributed by atoms with E-state index in [2.05, 4.69) is 182 Å². The van der Waals surface area contributed by atoms with E-state index >= 15 is 0 Å². The highest BCUT2D eigenvalue weighted by Crippen LogP contribution is 2.63. The van der Waals surface area contributed by atoms with Gasteiger partial charge in [-0.15, -0.1) is 0 Å². The van der Waals surface area contributed by atoms with Gasteiger partial charge in [0, 0.05) is 0 Å². The molecule has 0 bridgehead atoms. The minimum absolute atomic E-state index is 0.832. The number of hydrogen-bond donors (Lipinski definition) is 0. The summed E-state index contributed by atoms with van der Waals surface area (Å²) in [5, 5.41) is 15.1. The van der Waals surface area contributed by atoms with Crippen molar-refractivity contribution < 1.29 is 18.9 Å². The Morgan fingerprint density at radius 3 is 0.819 bits per heavy atom. The molecular weight excluding hydrogens is 881 g/mol. The van der Waals surface area contributed by atoms with E-state index in [9.17, 15) is 0 Å². The van der Waals surface area contributed by atoms with Crippen LogP contribution in [-0.2, 0) is 0 Å². The summed E-state index contributed by atoms with van der Waals surface area (Å²) < 4.78 is 23.1. The van der Waals surface area contributed by atoms with Crippen molar-refractivity contribution in [2.24, 2.45) is 0 Å². The van der Waals surface area contributed by atoms with Crippen molar-refractivity contribution in [1.82, 2.24) is 0 Å². The van der Waals surface area contributed by atoms with Gasteiger partial charge in [0.1, 0.15) is 23.0 Å². The van der Waals surface area contributed by atoms with E-state index in [1.165, 1.54) is 131 Å². The van der Waals surface area contributed by atoms with Crippen LogP contribution >= 0.6 is 0 Å². The summed E-state index contributed by atoms with van der Waals surface area (Å²) in [5.41, 5.74) is 19.5. The molecule has 0 saturated heterocycles. The first-order chi connectivity index (χ1) is 35.6. The molecule has 13 aromatic carbocycles. The topological polar surface area (TPSA) is 36.9 Å². The maximum Gasteiger partial charge on any atom is 0.119 e. The zero-order chi connectivity index (χ0) is 47.9. The molecule has 0 heterocycles. The van der Waals surface area contributed by atoms with Crippen molar-refractivity contribution in [2.75, 3.05) is 28.4 Å². The van der Waals surface area contributed by atoms with Crippen LogP contribution < -0.4 is 18.9 Å². The van der Waals surface area contributed by atoms with Crippen LogP contribution in [0.4, 0.5) is 0 Å². The molecule has 2 aliphatic carbocycles. The lowest BCUT2D eigenvalue weighted by Crippen LogP contribution is -1.94. The molecule has 4 nitrogen and oxygen atoms in total. The molecule has 0 aliphatic heterocycles. The maximum absolute atomic E-state index is 5.87. The Hall–Kier alpha value is -9.12. The molecule has 0 spiro atoms. The maximum atomic E-state index is 5.87. The minimum Gasteiger partial charge on any atom is -0.497 e. The fourth-order valence-corrected chi connectivity index (χ4v) is 12.9. The summed E-state index contributed by atoms with van der Waals surface area (Å²) in [5.74, 6) is 3.34. The van der Waals surface area contributed by atoms with Crippen LogP contribution in [0.15, 0.2) is 194 Å². The molecule has 0 fully saturated rings. The fourth-order valence-electron chi connectivity index (χ4n) is 12.9. The Labute approximate surface area is 416 Å².